The zero-order chi connectivity index (χ0) is 11.7. The molecule has 0 aromatic carbocycles. The van der Waals surface area contributed by atoms with E-state index >= 15 is 0 Å². The fourth-order valence-electron chi connectivity index (χ4n) is 1.57. The normalized spacial score (nSPS) is 10.6. The van der Waals surface area contributed by atoms with Crippen LogP contribution in [0.3, 0.4) is 0 Å². The first-order chi connectivity index (χ1) is 8.34. The molecule has 3 rings (SSSR count). The average Bonchev–Trinajstić information content (AvgIpc) is 2.40. The van der Waals surface area contributed by atoms with Crippen molar-refractivity contribution < 1.29 is 0 Å². The number of fused-ring (bicyclic) bond motifs is 1. The summed E-state index contributed by atoms with van der Waals surface area (Å²) in [6.07, 6.45) is 6.73. The maximum atomic E-state index is 6.12. The van der Waals surface area contributed by atoms with Crippen molar-refractivity contribution in [2.45, 2.75) is 0 Å². The summed E-state index contributed by atoms with van der Waals surface area (Å²) in [5.41, 5.74) is 1.62. The van der Waals surface area contributed by atoms with Crippen molar-refractivity contribution >= 4 is 22.5 Å². The zero-order valence-electron chi connectivity index (χ0n) is 8.71. The van der Waals surface area contributed by atoms with E-state index in [1.54, 1.807) is 30.9 Å². The van der Waals surface area contributed by atoms with E-state index in [1.807, 2.05) is 12.1 Å². The van der Waals surface area contributed by atoms with Gasteiger partial charge in [0, 0.05) is 29.5 Å². The molecule has 3 heterocycles. The highest BCUT2D eigenvalue weighted by molar-refractivity contribution is 6.34. The lowest BCUT2D eigenvalue weighted by Gasteiger charge is -2.03. The van der Waals surface area contributed by atoms with Gasteiger partial charge >= 0.3 is 0 Å². The van der Waals surface area contributed by atoms with Crippen molar-refractivity contribution in [3.8, 4) is 11.4 Å². The maximum Gasteiger partial charge on any atom is 0.161 e. The number of aromatic nitrogens is 4. The van der Waals surface area contributed by atoms with Gasteiger partial charge in [0.05, 0.1) is 11.7 Å². The number of nitrogens with zero attached hydrogens (tertiary/aromatic N) is 4. The maximum absolute atomic E-state index is 6.12. The summed E-state index contributed by atoms with van der Waals surface area (Å²) in [5.74, 6) is 0.581. The van der Waals surface area contributed by atoms with Crippen molar-refractivity contribution in [2.75, 3.05) is 0 Å². The van der Waals surface area contributed by atoms with Crippen LogP contribution in [0.15, 0.2) is 43.0 Å². The van der Waals surface area contributed by atoms with Gasteiger partial charge in [0.1, 0.15) is 5.15 Å². The monoisotopic (exact) mass is 242 g/mol. The van der Waals surface area contributed by atoms with E-state index in [2.05, 4.69) is 19.9 Å². The van der Waals surface area contributed by atoms with E-state index in [9.17, 15) is 0 Å². The lowest BCUT2D eigenvalue weighted by Crippen LogP contribution is -1.92. The summed E-state index contributed by atoms with van der Waals surface area (Å²) < 4.78 is 0. The van der Waals surface area contributed by atoms with E-state index in [0.29, 0.717) is 11.0 Å². The predicted molar refractivity (Wildman–Crippen MR) is 65.6 cm³/mol. The standard InChI is InChI=1S/C12H7ClN4/c13-11-9-3-6-15-7-10(9)16-12(17-11)8-1-4-14-5-2-8/h1-7H. The predicted octanol–water partition coefficient (Wildman–Crippen LogP) is 2.74. The molecular formula is C12H7ClN4. The van der Waals surface area contributed by atoms with Gasteiger partial charge in [-0.05, 0) is 18.2 Å². The van der Waals surface area contributed by atoms with Gasteiger partial charge in [-0.25, -0.2) is 9.97 Å². The summed E-state index contributed by atoms with van der Waals surface area (Å²) in [5, 5.41) is 1.24. The van der Waals surface area contributed by atoms with Crippen LogP contribution in [0.2, 0.25) is 5.15 Å². The average molecular weight is 243 g/mol. The van der Waals surface area contributed by atoms with Gasteiger partial charge in [0.15, 0.2) is 5.82 Å². The smallest absolute Gasteiger partial charge is 0.161 e. The number of hydrogen-bond donors (Lipinski definition) is 0. The Bertz CT molecular complexity index is 670. The minimum absolute atomic E-state index is 0.434. The summed E-state index contributed by atoms with van der Waals surface area (Å²) in [4.78, 5) is 16.7. The Hall–Kier alpha value is -2.07. The van der Waals surface area contributed by atoms with E-state index in [-0.39, 0.29) is 0 Å². The Morgan fingerprint density at radius 1 is 0.882 bits per heavy atom. The molecule has 17 heavy (non-hydrogen) atoms. The highest BCUT2D eigenvalue weighted by Crippen LogP contribution is 2.23. The quantitative estimate of drug-likeness (QED) is 0.616. The van der Waals surface area contributed by atoms with Crippen molar-refractivity contribution in [1.82, 2.24) is 19.9 Å². The number of hydrogen-bond acceptors (Lipinski definition) is 4. The van der Waals surface area contributed by atoms with Gasteiger partial charge in [-0.3, -0.25) is 9.97 Å². The van der Waals surface area contributed by atoms with Crippen LogP contribution in [0.1, 0.15) is 0 Å². The molecule has 3 aromatic heterocycles. The Morgan fingerprint density at radius 3 is 2.47 bits per heavy atom. The SMILES string of the molecule is Clc1nc(-c2ccncc2)nc2cnccc12. The van der Waals surface area contributed by atoms with Gasteiger partial charge in [-0.2, -0.15) is 0 Å². The summed E-state index contributed by atoms with van der Waals surface area (Å²) in [6.45, 7) is 0. The largest absolute Gasteiger partial charge is 0.265 e. The molecule has 0 saturated heterocycles. The second-order valence-corrected chi connectivity index (χ2v) is 3.82. The molecule has 0 amide bonds. The van der Waals surface area contributed by atoms with Crippen LogP contribution in [-0.2, 0) is 0 Å². The van der Waals surface area contributed by atoms with Crippen molar-refractivity contribution in [3.05, 3.63) is 48.1 Å². The molecule has 82 valence electrons. The van der Waals surface area contributed by atoms with Gasteiger partial charge in [0.2, 0.25) is 0 Å². The molecule has 0 N–H and O–H groups in total. The lowest BCUT2D eigenvalue weighted by atomic mass is 10.2. The Labute approximate surface area is 102 Å². The Balaban J connectivity index is 2.26. The third-order valence-electron chi connectivity index (χ3n) is 2.39. The molecule has 0 aliphatic rings. The Morgan fingerprint density at radius 2 is 1.65 bits per heavy atom. The molecule has 0 atom stereocenters. The highest BCUT2D eigenvalue weighted by Gasteiger charge is 2.07. The molecular weight excluding hydrogens is 236 g/mol. The van der Waals surface area contributed by atoms with Gasteiger partial charge in [-0.1, -0.05) is 11.6 Å². The summed E-state index contributed by atoms with van der Waals surface area (Å²) in [7, 11) is 0. The fourth-order valence-corrected chi connectivity index (χ4v) is 1.81. The third kappa shape index (κ3) is 1.83. The molecule has 0 aliphatic heterocycles. The lowest BCUT2D eigenvalue weighted by molar-refractivity contribution is 1.20. The first kappa shape index (κ1) is 10.1. The van der Waals surface area contributed by atoms with E-state index in [1.165, 1.54) is 0 Å². The van der Waals surface area contributed by atoms with Crippen LogP contribution in [0.4, 0.5) is 0 Å². The Kier molecular flexibility index (Phi) is 2.42. The summed E-state index contributed by atoms with van der Waals surface area (Å²) >= 11 is 6.12. The minimum atomic E-state index is 0.434. The summed E-state index contributed by atoms with van der Waals surface area (Å²) in [6, 6.07) is 5.48. The molecule has 0 bridgehead atoms. The third-order valence-corrected chi connectivity index (χ3v) is 2.68. The van der Waals surface area contributed by atoms with Crippen molar-refractivity contribution in [1.29, 1.82) is 0 Å². The zero-order valence-corrected chi connectivity index (χ0v) is 9.46. The first-order valence-electron chi connectivity index (χ1n) is 5.02. The molecule has 0 fully saturated rings. The van der Waals surface area contributed by atoms with Crippen LogP contribution in [-0.4, -0.2) is 19.9 Å². The van der Waals surface area contributed by atoms with Crippen molar-refractivity contribution in [3.63, 3.8) is 0 Å². The van der Waals surface area contributed by atoms with Crippen LogP contribution in [0.5, 0.6) is 0 Å². The molecule has 0 saturated carbocycles. The molecule has 0 radical (unpaired) electrons. The molecule has 0 aliphatic carbocycles. The second-order valence-electron chi connectivity index (χ2n) is 3.47. The molecule has 5 heteroatoms. The minimum Gasteiger partial charge on any atom is -0.265 e. The molecule has 3 aromatic rings. The van der Waals surface area contributed by atoms with Gasteiger partial charge in [0.25, 0.3) is 0 Å². The van der Waals surface area contributed by atoms with Crippen LogP contribution < -0.4 is 0 Å². The van der Waals surface area contributed by atoms with Gasteiger partial charge in [-0.15, -0.1) is 0 Å². The van der Waals surface area contributed by atoms with E-state index < -0.39 is 0 Å². The van der Waals surface area contributed by atoms with E-state index in [4.69, 9.17) is 11.6 Å². The second kappa shape index (κ2) is 4.07. The molecule has 0 unspecified atom stereocenters. The van der Waals surface area contributed by atoms with Crippen LogP contribution >= 0.6 is 11.6 Å². The van der Waals surface area contributed by atoms with E-state index in [0.717, 1.165) is 16.5 Å². The van der Waals surface area contributed by atoms with Crippen LogP contribution in [0.25, 0.3) is 22.3 Å². The number of pyridine rings is 2. The molecule has 0 spiro atoms. The topological polar surface area (TPSA) is 51.6 Å². The first-order valence-corrected chi connectivity index (χ1v) is 5.40. The number of rotatable bonds is 1. The van der Waals surface area contributed by atoms with Gasteiger partial charge < -0.3 is 0 Å². The highest BCUT2D eigenvalue weighted by atomic mass is 35.5. The number of halogens is 1. The van der Waals surface area contributed by atoms with Crippen molar-refractivity contribution in [2.24, 2.45) is 0 Å². The molecule has 4 nitrogen and oxygen atoms in total. The van der Waals surface area contributed by atoms with Crippen LogP contribution in [0, 0.1) is 0 Å². The fraction of sp³-hybridized carbons (Fsp3) is 0.